The first-order valence-electron chi connectivity index (χ1n) is 9.20. The molecule has 2 bridgehead atoms. The predicted molar refractivity (Wildman–Crippen MR) is 88.4 cm³/mol. The molecule has 2 nitrogen and oxygen atoms in total. The van der Waals surface area contributed by atoms with Crippen molar-refractivity contribution in [1.82, 2.24) is 0 Å². The molecule has 3 aliphatic carbocycles. The molecule has 4 rings (SSSR count). The molecule has 1 heterocycles. The normalized spacial score (nSPS) is 59.0. The summed E-state index contributed by atoms with van der Waals surface area (Å²) in [6.45, 7) is 14.0. The maximum Gasteiger partial charge on any atom is 0.186 e. The highest BCUT2D eigenvalue weighted by molar-refractivity contribution is 5.22. The van der Waals surface area contributed by atoms with Gasteiger partial charge in [-0.1, -0.05) is 26.8 Å². The molecular weight excluding hydrogens is 272 g/mol. The molecule has 0 aromatic carbocycles. The highest BCUT2D eigenvalue weighted by Gasteiger charge is 2.74. The van der Waals surface area contributed by atoms with E-state index in [0.717, 1.165) is 11.8 Å². The van der Waals surface area contributed by atoms with E-state index in [4.69, 9.17) is 9.47 Å². The van der Waals surface area contributed by atoms with Crippen molar-refractivity contribution in [2.75, 3.05) is 0 Å². The van der Waals surface area contributed by atoms with Crippen LogP contribution in [-0.4, -0.2) is 17.5 Å². The average Bonchev–Trinajstić information content (AvgIpc) is 2.92. The first-order valence-corrected chi connectivity index (χ1v) is 9.20. The van der Waals surface area contributed by atoms with E-state index < -0.39 is 5.79 Å². The van der Waals surface area contributed by atoms with Crippen LogP contribution in [0.4, 0.5) is 0 Å². The van der Waals surface area contributed by atoms with Crippen LogP contribution >= 0.6 is 0 Å². The van der Waals surface area contributed by atoms with Gasteiger partial charge in [-0.15, -0.1) is 0 Å². The van der Waals surface area contributed by atoms with Gasteiger partial charge in [-0.2, -0.15) is 0 Å². The van der Waals surface area contributed by atoms with Crippen LogP contribution in [0, 0.1) is 28.6 Å². The van der Waals surface area contributed by atoms with Gasteiger partial charge in [0.2, 0.25) is 0 Å². The van der Waals surface area contributed by atoms with E-state index in [2.05, 4.69) is 46.8 Å². The summed E-state index contributed by atoms with van der Waals surface area (Å²) in [4.78, 5) is 0. The molecule has 3 saturated carbocycles. The van der Waals surface area contributed by atoms with Gasteiger partial charge in [0.1, 0.15) is 0 Å². The molecule has 22 heavy (non-hydrogen) atoms. The topological polar surface area (TPSA) is 18.5 Å². The minimum absolute atomic E-state index is 0.132. The van der Waals surface area contributed by atoms with E-state index >= 15 is 0 Å². The Morgan fingerprint density at radius 3 is 2.41 bits per heavy atom. The molecule has 4 fully saturated rings. The Balaban J connectivity index is 1.78. The Morgan fingerprint density at radius 2 is 1.73 bits per heavy atom. The second-order valence-corrected chi connectivity index (χ2v) is 9.45. The van der Waals surface area contributed by atoms with Crippen molar-refractivity contribution in [1.29, 1.82) is 0 Å². The summed E-state index contributed by atoms with van der Waals surface area (Å²) < 4.78 is 13.1. The molecule has 7 atom stereocenters. The van der Waals surface area contributed by atoms with Crippen molar-refractivity contribution in [3.63, 3.8) is 0 Å². The van der Waals surface area contributed by atoms with Crippen molar-refractivity contribution in [3.05, 3.63) is 12.2 Å². The Morgan fingerprint density at radius 1 is 1.00 bits per heavy atom. The van der Waals surface area contributed by atoms with Crippen LogP contribution in [0.15, 0.2) is 12.2 Å². The summed E-state index contributed by atoms with van der Waals surface area (Å²) in [5, 5.41) is 0. The van der Waals surface area contributed by atoms with Crippen LogP contribution in [0.1, 0.15) is 67.2 Å². The number of fused-ring (bicyclic) bond motifs is 3. The van der Waals surface area contributed by atoms with Crippen LogP contribution < -0.4 is 0 Å². The summed E-state index contributed by atoms with van der Waals surface area (Å²) in [5.41, 5.74) is 0.731. The van der Waals surface area contributed by atoms with Crippen molar-refractivity contribution in [2.45, 2.75) is 84.7 Å². The molecule has 124 valence electrons. The quantitative estimate of drug-likeness (QED) is 0.639. The largest absolute Gasteiger partial charge is 0.340 e. The first-order chi connectivity index (χ1) is 10.2. The maximum absolute atomic E-state index is 6.63. The molecule has 1 saturated heterocycles. The molecule has 1 aliphatic heterocycles. The molecular formula is C20H32O2. The van der Waals surface area contributed by atoms with Crippen LogP contribution in [0.3, 0.4) is 0 Å². The SMILES string of the molecule is C/C=C\[C@]1(C)O[C@H]2C[C@@]34C[C@H](C(C)(C)[C@@H]3CC[C@H]4C)[C@@]2(C)O1. The van der Waals surface area contributed by atoms with E-state index in [1.165, 1.54) is 25.7 Å². The zero-order valence-electron chi connectivity index (χ0n) is 15.1. The Labute approximate surface area is 135 Å². The zero-order chi connectivity index (χ0) is 16.0. The average molecular weight is 304 g/mol. The standard InChI is InChI=1S/C20H32O2/c1-7-10-18(5)21-16-12-20-11-15(19(16,6)22-18)17(3,4)14(20)9-8-13(20)2/h7,10,13-16H,8-9,11-12H2,1-6H3/b10-7-/t13-,14+,15-,16+,18-,19-,20-/m1/s1. The molecule has 2 heteroatoms. The lowest BCUT2D eigenvalue weighted by molar-refractivity contribution is -0.158. The van der Waals surface area contributed by atoms with Gasteiger partial charge in [-0.3, -0.25) is 0 Å². The number of rotatable bonds is 1. The lowest BCUT2D eigenvalue weighted by Gasteiger charge is -2.47. The molecule has 0 N–H and O–H groups in total. The van der Waals surface area contributed by atoms with Crippen molar-refractivity contribution in [2.24, 2.45) is 28.6 Å². The van der Waals surface area contributed by atoms with E-state index in [-0.39, 0.29) is 11.7 Å². The third kappa shape index (κ3) is 1.59. The van der Waals surface area contributed by atoms with Gasteiger partial charge < -0.3 is 9.47 Å². The summed E-state index contributed by atoms with van der Waals surface area (Å²) in [6.07, 6.45) is 9.73. The summed E-state index contributed by atoms with van der Waals surface area (Å²) in [6, 6.07) is 0. The molecule has 0 unspecified atom stereocenters. The third-order valence-corrected chi connectivity index (χ3v) is 8.11. The van der Waals surface area contributed by atoms with Gasteiger partial charge in [0.15, 0.2) is 5.79 Å². The van der Waals surface area contributed by atoms with Gasteiger partial charge in [-0.25, -0.2) is 0 Å². The number of hydrogen-bond donors (Lipinski definition) is 0. The second kappa shape index (κ2) is 4.19. The molecule has 1 spiro atoms. The van der Waals surface area contributed by atoms with Crippen LogP contribution in [-0.2, 0) is 9.47 Å². The smallest absolute Gasteiger partial charge is 0.186 e. The summed E-state index contributed by atoms with van der Waals surface area (Å²) in [7, 11) is 0. The lowest BCUT2D eigenvalue weighted by atomic mass is 9.63. The maximum atomic E-state index is 6.63. The number of hydrogen-bond acceptors (Lipinski definition) is 2. The van der Waals surface area contributed by atoms with Crippen LogP contribution in [0.25, 0.3) is 0 Å². The van der Waals surface area contributed by atoms with E-state index in [0.29, 0.717) is 16.7 Å². The van der Waals surface area contributed by atoms with E-state index in [9.17, 15) is 0 Å². The molecule has 0 radical (unpaired) electrons. The van der Waals surface area contributed by atoms with Gasteiger partial charge in [0.25, 0.3) is 0 Å². The highest BCUT2D eigenvalue weighted by Crippen LogP contribution is 2.75. The van der Waals surface area contributed by atoms with E-state index in [1.54, 1.807) is 0 Å². The van der Waals surface area contributed by atoms with Crippen molar-refractivity contribution < 1.29 is 9.47 Å². The van der Waals surface area contributed by atoms with Crippen LogP contribution in [0.5, 0.6) is 0 Å². The molecule has 0 aromatic rings. The Kier molecular flexibility index (Phi) is 2.89. The summed E-state index contributed by atoms with van der Waals surface area (Å²) >= 11 is 0. The fourth-order valence-electron chi connectivity index (χ4n) is 7.23. The Hall–Kier alpha value is -0.340. The first kappa shape index (κ1) is 15.2. The third-order valence-electron chi connectivity index (χ3n) is 8.11. The fraction of sp³-hybridized carbons (Fsp3) is 0.900. The molecule has 0 amide bonds. The van der Waals surface area contributed by atoms with Gasteiger partial charge >= 0.3 is 0 Å². The summed E-state index contributed by atoms with van der Waals surface area (Å²) in [5.74, 6) is 1.76. The lowest BCUT2D eigenvalue weighted by Crippen LogP contribution is -2.52. The number of allylic oxidation sites excluding steroid dienone is 1. The van der Waals surface area contributed by atoms with Crippen LogP contribution in [0.2, 0.25) is 0 Å². The minimum Gasteiger partial charge on any atom is -0.340 e. The van der Waals surface area contributed by atoms with Gasteiger partial charge in [0.05, 0.1) is 11.7 Å². The Bertz CT molecular complexity index is 524. The highest BCUT2D eigenvalue weighted by atomic mass is 16.8. The van der Waals surface area contributed by atoms with Gasteiger partial charge in [-0.05, 0) is 81.1 Å². The number of ether oxygens (including phenoxy) is 2. The predicted octanol–water partition coefficient (Wildman–Crippen LogP) is 4.94. The van der Waals surface area contributed by atoms with E-state index in [1.807, 2.05) is 6.92 Å². The van der Waals surface area contributed by atoms with Gasteiger partial charge in [0, 0.05) is 0 Å². The molecule has 4 aliphatic rings. The van der Waals surface area contributed by atoms with Crippen molar-refractivity contribution in [3.8, 4) is 0 Å². The molecule has 0 aromatic heterocycles. The second-order valence-electron chi connectivity index (χ2n) is 9.45. The minimum atomic E-state index is -0.539. The zero-order valence-corrected chi connectivity index (χ0v) is 15.1. The van der Waals surface area contributed by atoms with Crippen molar-refractivity contribution >= 4 is 0 Å². The fourth-order valence-corrected chi connectivity index (χ4v) is 7.23. The monoisotopic (exact) mass is 304 g/mol.